The largest absolute Gasteiger partial charge is 0.494 e. The van der Waals surface area contributed by atoms with Gasteiger partial charge in [-0.2, -0.15) is 0 Å². The topological polar surface area (TPSA) is 75.7 Å². The first kappa shape index (κ1) is 19.9. The monoisotopic (exact) mass is 418 g/mol. The second-order valence-electron chi connectivity index (χ2n) is 6.17. The number of methoxy groups -OCH3 is 1. The molecule has 0 bridgehead atoms. The summed E-state index contributed by atoms with van der Waals surface area (Å²) in [5.41, 5.74) is 1.91. The van der Waals surface area contributed by atoms with E-state index in [4.69, 9.17) is 27.9 Å². The molecule has 0 saturated carbocycles. The second kappa shape index (κ2) is 7.66. The number of imide groups is 1. The van der Waals surface area contributed by atoms with Crippen LogP contribution in [-0.2, 0) is 9.59 Å². The maximum absolute atomic E-state index is 12.9. The standard InChI is InChI=1S/C20H16Cl2N2O4/c1-10-8-15(16(28-3)9-14(10)21)24-19(26)17(22)18(20(24)27)23-13-6-4-12(5-7-13)11(2)25/h4-9,23H,1-3H3. The van der Waals surface area contributed by atoms with E-state index in [1.165, 1.54) is 20.1 Å². The fourth-order valence-electron chi connectivity index (χ4n) is 2.75. The number of nitrogens with one attached hydrogen (secondary N) is 1. The number of carbonyl (C=O) groups is 3. The first-order valence-corrected chi connectivity index (χ1v) is 9.01. The molecule has 1 aliphatic heterocycles. The Morgan fingerprint density at radius 1 is 1.07 bits per heavy atom. The number of benzene rings is 2. The van der Waals surface area contributed by atoms with Crippen LogP contribution in [0.3, 0.4) is 0 Å². The summed E-state index contributed by atoms with van der Waals surface area (Å²) in [5, 5.41) is 3.06. The summed E-state index contributed by atoms with van der Waals surface area (Å²) in [6, 6.07) is 9.61. The van der Waals surface area contributed by atoms with Crippen molar-refractivity contribution in [2.75, 3.05) is 17.3 Å². The van der Waals surface area contributed by atoms with Crippen molar-refractivity contribution in [3.8, 4) is 5.75 Å². The molecule has 0 aliphatic carbocycles. The first-order chi connectivity index (χ1) is 13.2. The van der Waals surface area contributed by atoms with Crippen molar-refractivity contribution in [1.29, 1.82) is 0 Å². The number of rotatable bonds is 5. The van der Waals surface area contributed by atoms with E-state index in [2.05, 4.69) is 5.32 Å². The van der Waals surface area contributed by atoms with Gasteiger partial charge in [0, 0.05) is 22.3 Å². The number of ketones is 1. The van der Waals surface area contributed by atoms with Gasteiger partial charge in [0.25, 0.3) is 11.8 Å². The Labute approximate surface area is 171 Å². The minimum absolute atomic E-state index is 0.0584. The Hall–Kier alpha value is -2.83. The van der Waals surface area contributed by atoms with Crippen LogP contribution in [0, 0.1) is 6.92 Å². The molecule has 144 valence electrons. The highest BCUT2D eigenvalue weighted by Crippen LogP contribution is 2.38. The van der Waals surface area contributed by atoms with E-state index < -0.39 is 11.8 Å². The predicted octanol–water partition coefficient (Wildman–Crippen LogP) is 4.30. The molecule has 0 radical (unpaired) electrons. The van der Waals surface area contributed by atoms with Crippen molar-refractivity contribution in [3.05, 3.63) is 63.3 Å². The van der Waals surface area contributed by atoms with Gasteiger partial charge in [0.15, 0.2) is 5.78 Å². The summed E-state index contributed by atoms with van der Waals surface area (Å²) >= 11 is 12.3. The number of aryl methyl sites for hydroxylation is 1. The molecule has 1 N–H and O–H groups in total. The molecule has 2 aromatic rings. The number of hydrogen-bond acceptors (Lipinski definition) is 5. The lowest BCUT2D eigenvalue weighted by atomic mass is 10.1. The summed E-state index contributed by atoms with van der Waals surface area (Å²) in [5.74, 6) is -1.10. The number of carbonyl (C=O) groups excluding carboxylic acids is 3. The van der Waals surface area contributed by atoms with Crippen molar-refractivity contribution in [3.63, 3.8) is 0 Å². The van der Waals surface area contributed by atoms with E-state index in [0.29, 0.717) is 21.8 Å². The molecular formula is C20H16Cl2N2O4. The zero-order valence-corrected chi connectivity index (χ0v) is 16.8. The molecule has 0 atom stereocenters. The molecular weight excluding hydrogens is 403 g/mol. The predicted molar refractivity (Wildman–Crippen MR) is 108 cm³/mol. The van der Waals surface area contributed by atoms with Gasteiger partial charge in [-0.05, 0) is 49.7 Å². The molecule has 1 aliphatic rings. The zero-order valence-electron chi connectivity index (χ0n) is 15.3. The van der Waals surface area contributed by atoms with Gasteiger partial charge in [-0.25, -0.2) is 4.90 Å². The molecule has 0 unspecified atom stereocenters. The quantitative estimate of drug-likeness (QED) is 0.578. The van der Waals surface area contributed by atoms with Crippen LogP contribution >= 0.6 is 23.2 Å². The normalized spacial score (nSPS) is 14.0. The van der Waals surface area contributed by atoms with E-state index in [0.717, 1.165) is 4.90 Å². The van der Waals surface area contributed by atoms with Crippen LogP contribution in [0.1, 0.15) is 22.8 Å². The number of Topliss-reactive ketones (excluding diaryl/α,β-unsaturated/α-hetero) is 1. The molecule has 0 saturated heterocycles. The Bertz CT molecular complexity index is 1030. The van der Waals surface area contributed by atoms with Crippen molar-refractivity contribution in [1.82, 2.24) is 0 Å². The third-order valence-electron chi connectivity index (χ3n) is 4.29. The third-order valence-corrected chi connectivity index (χ3v) is 5.05. The van der Waals surface area contributed by atoms with Gasteiger partial charge in [0.05, 0.1) is 12.8 Å². The number of halogens is 2. The lowest BCUT2D eigenvalue weighted by molar-refractivity contribution is -0.120. The summed E-state index contributed by atoms with van der Waals surface area (Å²) in [7, 11) is 1.42. The van der Waals surface area contributed by atoms with E-state index in [1.54, 1.807) is 37.3 Å². The minimum atomic E-state index is -0.672. The number of amides is 2. The Balaban J connectivity index is 1.94. The maximum Gasteiger partial charge on any atom is 0.283 e. The van der Waals surface area contributed by atoms with Gasteiger partial charge in [-0.15, -0.1) is 0 Å². The lowest BCUT2D eigenvalue weighted by Gasteiger charge is -2.19. The maximum atomic E-state index is 12.9. The highest BCUT2D eigenvalue weighted by molar-refractivity contribution is 6.53. The van der Waals surface area contributed by atoms with Gasteiger partial charge < -0.3 is 10.1 Å². The van der Waals surface area contributed by atoms with Crippen LogP contribution in [0.4, 0.5) is 11.4 Å². The Kier molecular flexibility index (Phi) is 5.45. The van der Waals surface area contributed by atoms with Crippen LogP contribution in [0.15, 0.2) is 47.1 Å². The molecule has 0 fully saturated rings. The fraction of sp³-hybridized carbons (Fsp3) is 0.150. The summed E-state index contributed by atoms with van der Waals surface area (Å²) in [4.78, 5) is 37.9. The number of nitrogens with zero attached hydrogens (tertiary/aromatic N) is 1. The van der Waals surface area contributed by atoms with Crippen LogP contribution in [0.2, 0.25) is 5.02 Å². The minimum Gasteiger partial charge on any atom is -0.494 e. The van der Waals surface area contributed by atoms with Crippen LogP contribution in [-0.4, -0.2) is 24.7 Å². The van der Waals surface area contributed by atoms with E-state index >= 15 is 0 Å². The average Bonchev–Trinajstić information content (AvgIpc) is 2.87. The lowest BCUT2D eigenvalue weighted by Crippen LogP contribution is -2.32. The number of anilines is 2. The Morgan fingerprint density at radius 2 is 1.71 bits per heavy atom. The second-order valence-corrected chi connectivity index (χ2v) is 6.95. The van der Waals surface area contributed by atoms with Crippen molar-refractivity contribution in [2.24, 2.45) is 0 Å². The molecule has 1 heterocycles. The summed E-state index contributed by atoms with van der Waals surface area (Å²) < 4.78 is 5.27. The van der Waals surface area contributed by atoms with E-state index in [-0.39, 0.29) is 27.9 Å². The molecule has 8 heteroatoms. The Morgan fingerprint density at radius 3 is 2.29 bits per heavy atom. The summed E-state index contributed by atoms with van der Waals surface area (Å²) in [6.45, 7) is 3.21. The van der Waals surface area contributed by atoms with E-state index in [9.17, 15) is 14.4 Å². The average molecular weight is 419 g/mol. The van der Waals surface area contributed by atoms with E-state index in [1.807, 2.05) is 0 Å². The van der Waals surface area contributed by atoms with Crippen LogP contribution in [0.5, 0.6) is 5.75 Å². The first-order valence-electron chi connectivity index (χ1n) is 8.25. The smallest absolute Gasteiger partial charge is 0.283 e. The molecule has 0 aromatic heterocycles. The van der Waals surface area contributed by atoms with Gasteiger partial charge in [-0.1, -0.05) is 23.2 Å². The number of hydrogen-bond donors (Lipinski definition) is 1. The molecule has 28 heavy (non-hydrogen) atoms. The summed E-state index contributed by atoms with van der Waals surface area (Å²) in [6.07, 6.45) is 0. The van der Waals surface area contributed by atoms with Crippen LogP contribution in [0.25, 0.3) is 0 Å². The van der Waals surface area contributed by atoms with Crippen LogP contribution < -0.4 is 15.0 Å². The zero-order chi connectivity index (χ0) is 20.6. The van der Waals surface area contributed by atoms with Crippen molar-refractivity contribution < 1.29 is 19.1 Å². The van der Waals surface area contributed by atoms with Gasteiger partial charge in [-0.3, -0.25) is 14.4 Å². The van der Waals surface area contributed by atoms with Crippen molar-refractivity contribution in [2.45, 2.75) is 13.8 Å². The number of ether oxygens (including phenoxy) is 1. The highest BCUT2D eigenvalue weighted by atomic mass is 35.5. The van der Waals surface area contributed by atoms with Gasteiger partial charge in [0.2, 0.25) is 0 Å². The van der Waals surface area contributed by atoms with Crippen molar-refractivity contribution >= 4 is 52.2 Å². The SMILES string of the molecule is COc1cc(Cl)c(C)cc1N1C(=O)C(Cl)=C(Nc2ccc(C(C)=O)cc2)C1=O. The third kappa shape index (κ3) is 3.48. The molecule has 6 nitrogen and oxygen atoms in total. The highest BCUT2D eigenvalue weighted by Gasteiger charge is 2.40. The fourth-order valence-corrected chi connectivity index (χ4v) is 3.12. The van der Waals surface area contributed by atoms with Gasteiger partial charge >= 0.3 is 0 Å². The molecule has 3 rings (SSSR count). The molecule has 2 aromatic carbocycles. The molecule has 0 spiro atoms. The van der Waals surface area contributed by atoms with Gasteiger partial charge in [0.1, 0.15) is 16.5 Å². The molecule has 2 amide bonds.